The summed E-state index contributed by atoms with van der Waals surface area (Å²) in [6.45, 7) is 3.33. The highest BCUT2D eigenvalue weighted by molar-refractivity contribution is 5.59. The number of hydrogen-bond donors (Lipinski definition) is 2. The maximum Gasteiger partial charge on any atom is 0.530 e. The third-order valence-electron chi connectivity index (χ3n) is 0.448. The Balaban J connectivity index is 3.16. The molecule has 9 heavy (non-hydrogen) atoms. The molecule has 0 aromatic carbocycles. The van der Waals surface area contributed by atoms with Crippen molar-refractivity contribution in [1.82, 2.24) is 5.64 Å². The zero-order valence-electron chi connectivity index (χ0n) is 4.66. The van der Waals surface area contributed by atoms with Crippen molar-refractivity contribution in [1.29, 1.82) is 0 Å². The molecule has 0 fully saturated rings. The van der Waals surface area contributed by atoms with Gasteiger partial charge in [-0.3, -0.25) is 5.21 Å². The summed E-state index contributed by atoms with van der Waals surface area (Å²) >= 11 is 0. The van der Waals surface area contributed by atoms with Crippen molar-refractivity contribution in [2.24, 2.45) is 0 Å². The van der Waals surface area contributed by atoms with Gasteiger partial charge >= 0.3 is 6.16 Å². The highest BCUT2D eigenvalue weighted by Crippen LogP contribution is 1.79. The van der Waals surface area contributed by atoms with E-state index in [1.165, 1.54) is 11.7 Å². The predicted molar refractivity (Wildman–Crippen MR) is 27.6 cm³/mol. The largest absolute Gasteiger partial charge is 0.530 e. The van der Waals surface area contributed by atoms with Gasteiger partial charge < -0.3 is 9.57 Å². The Kier molecular flexibility index (Phi) is 4.47. The van der Waals surface area contributed by atoms with E-state index >= 15 is 0 Å². The first-order valence-corrected chi connectivity index (χ1v) is 2.15. The van der Waals surface area contributed by atoms with Gasteiger partial charge in [0.2, 0.25) is 0 Å². The average Bonchev–Trinajstić information content (AvgIpc) is 1.85. The minimum atomic E-state index is -1.00. The third-order valence-corrected chi connectivity index (χ3v) is 0.448. The Morgan fingerprint density at radius 1 is 1.89 bits per heavy atom. The molecule has 2 N–H and O–H groups in total. The molecule has 52 valence electrons. The standard InChI is InChI=1S/C4H7NO4/c1-2-3-8-4(6)9-5-7/h2,5,7H,1,3H2. The monoisotopic (exact) mass is 133 g/mol. The second-order valence-electron chi connectivity index (χ2n) is 1.04. The average molecular weight is 133 g/mol. The van der Waals surface area contributed by atoms with Gasteiger partial charge in [0.15, 0.2) is 0 Å². The van der Waals surface area contributed by atoms with Crippen molar-refractivity contribution >= 4 is 6.16 Å². The van der Waals surface area contributed by atoms with Crippen LogP contribution in [-0.4, -0.2) is 18.0 Å². The van der Waals surface area contributed by atoms with Crippen LogP contribution in [0.25, 0.3) is 0 Å². The molecule has 0 aromatic heterocycles. The lowest BCUT2D eigenvalue weighted by Gasteiger charge is -1.97. The summed E-state index contributed by atoms with van der Waals surface area (Å²) in [4.78, 5) is 13.8. The van der Waals surface area contributed by atoms with Crippen LogP contribution in [0.3, 0.4) is 0 Å². The number of carbonyl (C=O) groups is 1. The minimum Gasteiger partial charge on any atom is -0.429 e. The van der Waals surface area contributed by atoms with E-state index < -0.39 is 6.16 Å². The van der Waals surface area contributed by atoms with Crippen LogP contribution in [-0.2, 0) is 9.57 Å². The lowest BCUT2D eigenvalue weighted by atomic mass is 10.7. The van der Waals surface area contributed by atoms with Gasteiger partial charge in [0, 0.05) is 0 Å². The Labute approximate surface area is 51.8 Å². The Morgan fingerprint density at radius 3 is 3.00 bits per heavy atom. The van der Waals surface area contributed by atoms with Gasteiger partial charge in [-0.2, -0.15) is 0 Å². The third kappa shape index (κ3) is 4.79. The molecule has 0 aromatic rings. The van der Waals surface area contributed by atoms with Crippen molar-refractivity contribution in [2.45, 2.75) is 0 Å². The predicted octanol–water partition coefficient (Wildman–Crippen LogP) is 0.219. The normalized spacial score (nSPS) is 8.11. The minimum absolute atomic E-state index is 0.0561. The first-order chi connectivity index (χ1) is 4.31. The van der Waals surface area contributed by atoms with E-state index in [9.17, 15) is 4.79 Å². The molecule has 0 aliphatic heterocycles. The molecular weight excluding hydrogens is 126 g/mol. The highest BCUT2D eigenvalue weighted by atomic mass is 16.9. The maximum atomic E-state index is 10.1. The van der Waals surface area contributed by atoms with Gasteiger partial charge in [-0.15, -0.1) is 0 Å². The number of rotatable bonds is 3. The molecule has 0 saturated carbocycles. The lowest BCUT2D eigenvalue weighted by Crippen LogP contribution is -2.16. The van der Waals surface area contributed by atoms with E-state index in [0.29, 0.717) is 0 Å². The van der Waals surface area contributed by atoms with Crippen LogP contribution in [0, 0.1) is 0 Å². The fourth-order valence-corrected chi connectivity index (χ4v) is 0.194. The summed E-state index contributed by atoms with van der Waals surface area (Å²) in [5, 5.41) is 7.74. The molecule has 0 rings (SSSR count). The molecule has 0 spiro atoms. The van der Waals surface area contributed by atoms with Crippen molar-refractivity contribution in [3.8, 4) is 0 Å². The molecule has 5 heteroatoms. The number of carbonyl (C=O) groups excluding carboxylic acids is 1. The molecule has 0 amide bonds. The second-order valence-corrected chi connectivity index (χ2v) is 1.04. The van der Waals surface area contributed by atoms with E-state index in [-0.39, 0.29) is 6.61 Å². The second kappa shape index (κ2) is 5.07. The SMILES string of the molecule is C=CCOC(=O)ONO. The molecule has 0 aliphatic rings. The zero-order chi connectivity index (χ0) is 7.11. The smallest absolute Gasteiger partial charge is 0.429 e. The molecule has 0 unspecified atom stereocenters. The van der Waals surface area contributed by atoms with E-state index in [2.05, 4.69) is 16.2 Å². The zero-order valence-corrected chi connectivity index (χ0v) is 4.66. The summed E-state index contributed by atoms with van der Waals surface area (Å²) in [6, 6.07) is 0. The van der Waals surface area contributed by atoms with Gasteiger partial charge in [-0.25, -0.2) is 4.79 Å². The summed E-state index contributed by atoms with van der Waals surface area (Å²) < 4.78 is 4.23. The highest BCUT2D eigenvalue weighted by Gasteiger charge is 1.98. The Hall–Kier alpha value is -1.07. The van der Waals surface area contributed by atoms with E-state index in [4.69, 9.17) is 5.21 Å². The fraction of sp³-hybridized carbons (Fsp3) is 0.250. The summed E-state index contributed by atoms with van der Waals surface area (Å²) in [7, 11) is 0. The van der Waals surface area contributed by atoms with Crippen LogP contribution >= 0.6 is 0 Å². The molecular formula is C4H7NO4. The first-order valence-electron chi connectivity index (χ1n) is 2.15. The van der Waals surface area contributed by atoms with Crippen LogP contribution in [0.1, 0.15) is 0 Å². The van der Waals surface area contributed by atoms with Crippen LogP contribution in [0.2, 0.25) is 0 Å². The van der Waals surface area contributed by atoms with Crippen LogP contribution in [0.15, 0.2) is 12.7 Å². The van der Waals surface area contributed by atoms with Gasteiger partial charge in [0.1, 0.15) is 6.61 Å². The summed E-state index contributed by atoms with van der Waals surface area (Å²) in [5.74, 6) is 0. The summed E-state index contributed by atoms with van der Waals surface area (Å²) in [6.07, 6.45) is 0.371. The van der Waals surface area contributed by atoms with Crippen LogP contribution in [0.4, 0.5) is 4.79 Å². The topological polar surface area (TPSA) is 67.8 Å². The molecule has 0 aliphatic carbocycles. The van der Waals surface area contributed by atoms with Gasteiger partial charge in [-0.05, 0) is 5.64 Å². The van der Waals surface area contributed by atoms with Crippen molar-refractivity contribution in [2.75, 3.05) is 6.61 Å². The Bertz CT molecular complexity index is 103. The molecule has 0 atom stereocenters. The summed E-state index contributed by atoms with van der Waals surface area (Å²) in [5.41, 5.74) is 1.17. The quantitative estimate of drug-likeness (QED) is 0.327. The molecule has 5 nitrogen and oxygen atoms in total. The maximum absolute atomic E-state index is 10.1. The number of nitrogens with one attached hydrogen (secondary N) is 1. The van der Waals surface area contributed by atoms with Crippen LogP contribution in [0.5, 0.6) is 0 Å². The fourth-order valence-electron chi connectivity index (χ4n) is 0.194. The molecule has 0 radical (unpaired) electrons. The lowest BCUT2D eigenvalue weighted by molar-refractivity contribution is -0.102. The number of ether oxygens (including phenoxy) is 1. The Morgan fingerprint density at radius 2 is 2.56 bits per heavy atom. The molecule has 0 heterocycles. The van der Waals surface area contributed by atoms with E-state index in [1.54, 1.807) is 0 Å². The molecule has 0 saturated heterocycles. The van der Waals surface area contributed by atoms with Gasteiger partial charge in [0.25, 0.3) is 0 Å². The van der Waals surface area contributed by atoms with E-state index in [0.717, 1.165) is 0 Å². The van der Waals surface area contributed by atoms with Crippen molar-refractivity contribution < 1.29 is 19.6 Å². The van der Waals surface area contributed by atoms with Gasteiger partial charge in [-0.1, -0.05) is 12.7 Å². The molecule has 0 bridgehead atoms. The van der Waals surface area contributed by atoms with Crippen LogP contribution < -0.4 is 5.64 Å². The van der Waals surface area contributed by atoms with E-state index in [1.807, 2.05) is 0 Å². The number of hydrogen-bond acceptors (Lipinski definition) is 5. The van der Waals surface area contributed by atoms with Gasteiger partial charge in [0.05, 0.1) is 0 Å². The van der Waals surface area contributed by atoms with Crippen molar-refractivity contribution in [3.05, 3.63) is 12.7 Å². The first kappa shape index (κ1) is 7.93. The van der Waals surface area contributed by atoms with Crippen molar-refractivity contribution in [3.63, 3.8) is 0 Å².